The monoisotopic (exact) mass is 410 g/mol. The van der Waals surface area contributed by atoms with Crippen LogP contribution in [0, 0.1) is 0 Å². The molecule has 0 spiro atoms. The second kappa shape index (κ2) is 13.1. The first-order chi connectivity index (χ1) is 14.5. The minimum atomic E-state index is -0.111. The van der Waals surface area contributed by atoms with Crippen LogP contribution in [-0.2, 0) is 16.0 Å². The van der Waals surface area contributed by atoms with Crippen LogP contribution in [0.5, 0.6) is 0 Å². The van der Waals surface area contributed by atoms with Gasteiger partial charge in [0.2, 0.25) is 0 Å². The number of benzene rings is 1. The third kappa shape index (κ3) is 8.25. The topological polar surface area (TPSA) is 52.1 Å². The van der Waals surface area contributed by atoms with E-state index in [0.717, 1.165) is 42.6 Å². The summed E-state index contributed by atoms with van der Waals surface area (Å²) in [6.07, 6.45) is 13.4. The molecule has 0 N–H and O–H groups in total. The summed E-state index contributed by atoms with van der Waals surface area (Å²) in [6, 6.07) is 8.20. The predicted octanol–water partition coefficient (Wildman–Crippen LogP) is 6.88. The molecule has 1 aromatic carbocycles. The van der Waals surface area contributed by atoms with Gasteiger partial charge in [0.05, 0.1) is 12.5 Å². The average Bonchev–Trinajstić information content (AvgIpc) is 2.75. The van der Waals surface area contributed by atoms with Gasteiger partial charge in [0, 0.05) is 18.0 Å². The first-order valence-electron chi connectivity index (χ1n) is 11.6. The lowest BCUT2D eigenvalue weighted by molar-refractivity contribution is -0.148. The summed E-state index contributed by atoms with van der Waals surface area (Å²) in [5, 5.41) is 0. The molecule has 4 nitrogen and oxygen atoms in total. The van der Waals surface area contributed by atoms with Crippen LogP contribution >= 0.6 is 0 Å². The second-order valence-electron chi connectivity index (χ2n) is 8.40. The van der Waals surface area contributed by atoms with Gasteiger partial charge in [-0.25, -0.2) is 9.97 Å². The summed E-state index contributed by atoms with van der Waals surface area (Å²) >= 11 is 0. The van der Waals surface area contributed by atoms with Crippen molar-refractivity contribution in [3.05, 3.63) is 47.8 Å². The van der Waals surface area contributed by atoms with Crippen LogP contribution in [0.15, 0.2) is 36.7 Å². The Kier molecular flexibility index (Phi) is 10.5. The van der Waals surface area contributed by atoms with E-state index in [-0.39, 0.29) is 18.0 Å². The van der Waals surface area contributed by atoms with Crippen LogP contribution in [-0.4, -0.2) is 22.0 Å². The molecular weight excluding hydrogens is 372 g/mol. The zero-order valence-electron chi connectivity index (χ0n) is 19.2. The van der Waals surface area contributed by atoms with Gasteiger partial charge < -0.3 is 4.74 Å². The maximum Gasteiger partial charge on any atom is 0.306 e. The van der Waals surface area contributed by atoms with E-state index in [1.54, 1.807) is 0 Å². The molecular formula is C26H38N2O2. The number of aryl methyl sites for hydroxylation is 1. The van der Waals surface area contributed by atoms with E-state index in [1.807, 2.05) is 31.5 Å². The Balaban J connectivity index is 1.84. The van der Waals surface area contributed by atoms with Crippen LogP contribution in [0.3, 0.4) is 0 Å². The fraction of sp³-hybridized carbons (Fsp3) is 0.577. The Hall–Kier alpha value is -2.23. The van der Waals surface area contributed by atoms with Crippen molar-refractivity contribution in [2.45, 2.75) is 97.5 Å². The Morgan fingerprint density at radius 2 is 1.60 bits per heavy atom. The maximum atomic E-state index is 12.3. The summed E-state index contributed by atoms with van der Waals surface area (Å²) in [5.74, 6) is 0.752. The molecule has 0 fully saturated rings. The normalized spacial score (nSPS) is 13.1. The fourth-order valence-electron chi connectivity index (χ4n) is 3.53. The van der Waals surface area contributed by atoms with Gasteiger partial charge >= 0.3 is 5.97 Å². The third-order valence-corrected chi connectivity index (χ3v) is 5.53. The predicted molar refractivity (Wildman–Crippen MR) is 123 cm³/mol. The minimum absolute atomic E-state index is 0.00128. The number of esters is 1. The van der Waals surface area contributed by atoms with Gasteiger partial charge in [0.1, 0.15) is 0 Å². The van der Waals surface area contributed by atoms with Crippen LogP contribution in [0.1, 0.15) is 96.1 Å². The highest BCUT2D eigenvalue weighted by Gasteiger charge is 2.15. The molecule has 0 amide bonds. The number of hydrogen-bond donors (Lipinski definition) is 0. The van der Waals surface area contributed by atoms with E-state index >= 15 is 0 Å². The molecule has 0 aliphatic heterocycles. The molecule has 1 heterocycles. The van der Waals surface area contributed by atoms with Crippen molar-refractivity contribution in [3.63, 3.8) is 0 Å². The lowest BCUT2D eigenvalue weighted by atomic mass is 9.96. The van der Waals surface area contributed by atoms with Gasteiger partial charge in [-0.1, -0.05) is 70.7 Å². The Morgan fingerprint density at radius 1 is 0.933 bits per heavy atom. The third-order valence-electron chi connectivity index (χ3n) is 5.53. The first kappa shape index (κ1) is 24.0. The SMILES string of the molecule is CCCCCCC(C)OC(=O)CC(C)c1ccc(-c2ncc(CCCC)cn2)cc1. The van der Waals surface area contributed by atoms with Crippen LogP contribution in [0.2, 0.25) is 0 Å². The molecule has 164 valence electrons. The molecule has 0 aliphatic carbocycles. The van der Waals surface area contributed by atoms with Crippen molar-refractivity contribution in [2.75, 3.05) is 0 Å². The van der Waals surface area contributed by atoms with Gasteiger partial charge in [-0.05, 0) is 49.7 Å². The largest absolute Gasteiger partial charge is 0.463 e. The number of aromatic nitrogens is 2. The number of unbranched alkanes of at least 4 members (excludes halogenated alkanes) is 4. The van der Waals surface area contributed by atoms with E-state index in [9.17, 15) is 4.79 Å². The van der Waals surface area contributed by atoms with E-state index < -0.39 is 0 Å². The van der Waals surface area contributed by atoms with E-state index in [1.165, 1.54) is 31.2 Å². The van der Waals surface area contributed by atoms with Gasteiger partial charge in [-0.15, -0.1) is 0 Å². The summed E-state index contributed by atoms with van der Waals surface area (Å²) < 4.78 is 5.60. The maximum absolute atomic E-state index is 12.3. The standard InChI is InChI=1S/C26H38N2O2/c1-5-7-9-10-11-21(4)30-25(29)17-20(3)23-13-15-24(16-14-23)26-27-18-22(19-28-26)12-8-6-2/h13-16,18-21H,5-12,17H2,1-4H3. The van der Waals surface area contributed by atoms with Crippen molar-refractivity contribution in [2.24, 2.45) is 0 Å². The van der Waals surface area contributed by atoms with E-state index in [2.05, 4.69) is 42.9 Å². The van der Waals surface area contributed by atoms with Crippen molar-refractivity contribution in [1.29, 1.82) is 0 Å². The van der Waals surface area contributed by atoms with Crippen molar-refractivity contribution < 1.29 is 9.53 Å². The van der Waals surface area contributed by atoms with Crippen LogP contribution in [0.25, 0.3) is 11.4 Å². The first-order valence-corrected chi connectivity index (χ1v) is 11.6. The van der Waals surface area contributed by atoms with Gasteiger partial charge in [-0.3, -0.25) is 4.79 Å². The van der Waals surface area contributed by atoms with Crippen molar-refractivity contribution in [1.82, 2.24) is 9.97 Å². The summed E-state index contributed by atoms with van der Waals surface area (Å²) in [5.41, 5.74) is 3.31. The lowest BCUT2D eigenvalue weighted by Gasteiger charge is -2.16. The van der Waals surface area contributed by atoms with Gasteiger partial charge in [0.25, 0.3) is 0 Å². The molecule has 1 aromatic heterocycles. The fourth-order valence-corrected chi connectivity index (χ4v) is 3.53. The molecule has 2 atom stereocenters. The lowest BCUT2D eigenvalue weighted by Crippen LogP contribution is -2.16. The number of carbonyl (C=O) groups excluding carboxylic acids is 1. The molecule has 30 heavy (non-hydrogen) atoms. The zero-order chi connectivity index (χ0) is 21.8. The second-order valence-corrected chi connectivity index (χ2v) is 8.40. The summed E-state index contributed by atoms with van der Waals surface area (Å²) in [7, 11) is 0. The molecule has 2 unspecified atom stereocenters. The highest BCUT2D eigenvalue weighted by molar-refractivity contribution is 5.70. The smallest absolute Gasteiger partial charge is 0.306 e. The van der Waals surface area contributed by atoms with E-state index in [0.29, 0.717) is 6.42 Å². The van der Waals surface area contributed by atoms with Crippen molar-refractivity contribution >= 4 is 5.97 Å². The number of carbonyl (C=O) groups is 1. The van der Waals surface area contributed by atoms with Gasteiger partial charge in [0.15, 0.2) is 5.82 Å². The molecule has 2 rings (SSSR count). The number of rotatable bonds is 13. The minimum Gasteiger partial charge on any atom is -0.463 e. The zero-order valence-corrected chi connectivity index (χ0v) is 19.2. The Morgan fingerprint density at radius 3 is 2.23 bits per heavy atom. The molecule has 0 aliphatic rings. The molecule has 0 saturated heterocycles. The molecule has 0 bridgehead atoms. The summed E-state index contributed by atoms with van der Waals surface area (Å²) in [6.45, 7) is 8.46. The van der Waals surface area contributed by atoms with Gasteiger partial charge in [-0.2, -0.15) is 0 Å². The van der Waals surface area contributed by atoms with E-state index in [4.69, 9.17) is 4.74 Å². The molecule has 2 aromatic rings. The Bertz CT molecular complexity index is 741. The number of nitrogens with zero attached hydrogens (tertiary/aromatic N) is 2. The number of ether oxygens (including phenoxy) is 1. The molecule has 4 heteroatoms. The van der Waals surface area contributed by atoms with Crippen LogP contribution in [0.4, 0.5) is 0 Å². The highest BCUT2D eigenvalue weighted by atomic mass is 16.5. The molecule has 0 radical (unpaired) electrons. The quantitative estimate of drug-likeness (QED) is 0.267. The summed E-state index contributed by atoms with van der Waals surface area (Å²) in [4.78, 5) is 21.3. The van der Waals surface area contributed by atoms with Crippen LogP contribution < -0.4 is 0 Å². The Labute approximate surface area is 182 Å². The highest BCUT2D eigenvalue weighted by Crippen LogP contribution is 2.23. The molecule has 0 saturated carbocycles. The number of hydrogen-bond acceptors (Lipinski definition) is 4. The average molecular weight is 411 g/mol. The van der Waals surface area contributed by atoms with Crippen molar-refractivity contribution in [3.8, 4) is 11.4 Å².